The van der Waals surface area contributed by atoms with E-state index in [9.17, 15) is 0 Å². The molecule has 1 unspecified atom stereocenters. The predicted octanol–water partition coefficient (Wildman–Crippen LogP) is -0.975. The van der Waals surface area contributed by atoms with Crippen molar-refractivity contribution in [3.8, 4) is 0 Å². The van der Waals surface area contributed by atoms with Gasteiger partial charge in [-0.05, 0) is 25.1 Å². The lowest BCUT2D eigenvalue weighted by atomic mass is 10.2. The van der Waals surface area contributed by atoms with E-state index in [2.05, 4.69) is 26.7 Å². The Morgan fingerprint density at radius 3 is 3.18 bits per heavy atom. The second-order valence-electron chi connectivity index (χ2n) is 4.24. The maximum absolute atomic E-state index is 7.52. The molecule has 5 nitrogen and oxygen atoms in total. The monoisotopic (exact) mass is 227 g/mol. The van der Waals surface area contributed by atoms with E-state index in [1.807, 2.05) is 0 Å². The fourth-order valence-electron chi connectivity index (χ4n) is 2.22. The lowest BCUT2D eigenvalue weighted by Gasteiger charge is -2.04. The van der Waals surface area contributed by atoms with E-state index < -0.39 is 0 Å². The quantitative estimate of drug-likeness (QED) is 0.297. The minimum atomic E-state index is 0.0230. The third-order valence-electron chi connectivity index (χ3n) is 3.08. The van der Waals surface area contributed by atoms with Crippen LogP contribution in [0.2, 0.25) is 0 Å². The predicted molar refractivity (Wildman–Crippen MR) is 64.6 cm³/mol. The lowest BCUT2D eigenvalue weighted by Crippen LogP contribution is -2.31. The number of rotatable bonds is 2. The summed E-state index contributed by atoms with van der Waals surface area (Å²) in [7, 11) is 0. The lowest BCUT2D eigenvalue weighted by molar-refractivity contribution is 0.611. The summed E-state index contributed by atoms with van der Waals surface area (Å²) in [5.74, 6) is 0.922. The Kier molecular flexibility index (Phi) is 2.23. The van der Waals surface area contributed by atoms with Crippen LogP contribution in [-0.4, -0.2) is 22.3 Å². The number of H-pyrrole nitrogens is 1. The number of hydrogen-bond donors (Lipinski definition) is 4. The van der Waals surface area contributed by atoms with Gasteiger partial charge in [0.1, 0.15) is 17.0 Å². The smallest absolute Gasteiger partial charge is 0.139 e. The van der Waals surface area contributed by atoms with Gasteiger partial charge in [0.2, 0.25) is 0 Å². The van der Waals surface area contributed by atoms with Crippen molar-refractivity contribution in [1.82, 2.24) is 15.3 Å². The molecule has 0 bridgehead atoms. The normalized spacial score (nSPS) is 21.4. The van der Waals surface area contributed by atoms with Crippen molar-refractivity contribution in [1.29, 1.82) is 5.41 Å². The van der Waals surface area contributed by atoms with Gasteiger partial charge >= 0.3 is 0 Å². The van der Waals surface area contributed by atoms with Crippen LogP contribution < -0.4 is 21.7 Å². The Balaban J connectivity index is 2.18. The molecule has 1 atom stereocenters. The second kappa shape index (κ2) is 3.75. The van der Waals surface area contributed by atoms with Crippen LogP contribution in [0.3, 0.4) is 0 Å². The highest BCUT2D eigenvalue weighted by atomic mass is 15.0. The first-order valence-corrected chi connectivity index (χ1v) is 5.65. The number of aromatic nitrogens is 2. The van der Waals surface area contributed by atoms with Crippen LogP contribution in [0.4, 0.5) is 0 Å². The molecule has 0 aromatic carbocycles. The van der Waals surface area contributed by atoms with Crippen LogP contribution in [0.1, 0.15) is 24.7 Å². The molecule has 1 aromatic rings. The molecule has 0 saturated carbocycles. The first-order chi connectivity index (χ1) is 8.25. The molecule has 1 aliphatic carbocycles. The van der Waals surface area contributed by atoms with Gasteiger partial charge in [0.25, 0.3) is 0 Å². The zero-order valence-electron chi connectivity index (χ0n) is 9.30. The van der Waals surface area contributed by atoms with Crippen molar-refractivity contribution < 1.29 is 0 Å². The molecule has 3 rings (SSSR count). The third-order valence-corrected chi connectivity index (χ3v) is 3.08. The maximum atomic E-state index is 7.52. The first kappa shape index (κ1) is 10.1. The number of hydrogen-bond acceptors (Lipinski definition) is 3. The van der Waals surface area contributed by atoms with Crippen molar-refractivity contribution in [2.45, 2.75) is 18.9 Å². The molecule has 0 spiro atoms. The van der Waals surface area contributed by atoms with Gasteiger partial charge in [-0.3, -0.25) is 5.41 Å². The van der Waals surface area contributed by atoms with Gasteiger partial charge in [-0.25, -0.2) is 4.98 Å². The van der Waals surface area contributed by atoms with E-state index in [1.54, 1.807) is 6.08 Å². The minimum absolute atomic E-state index is 0.0230. The molecule has 2 heterocycles. The van der Waals surface area contributed by atoms with E-state index in [1.165, 1.54) is 0 Å². The third kappa shape index (κ3) is 1.63. The molecule has 1 fully saturated rings. The zero-order valence-corrected chi connectivity index (χ0v) is 9.30. The summed E-state index contributed by atoms with van der Waals surface area (Å²) in [4.78, 5) is 7.72. The molecule has 0 amide bonds. The minimum Gasteiger partial charge on any atom is -0.384 e. The van der Waals surface area contributed by atoms with Gasteiger partial charge in [-0.1, -0.05) is 5.73 Å². The Morgan fingerprint density at radius 1 is 1.59 bits per heavy atom. The molecule has 2 aliphatic rings. The highest BCUT2D eigenvalue weighted by Crippen LogP contribution is 2.17. The van der Waals surface area contributed by atoms with E-state index >= 15 is 0 Å². The number of fused-ring (bicyclic) bond motifs is 1. The van der Waals surface area contributed by atoms with Crippen LogP contribution in [0.25, 0.3) is 11.3 Å². The molecule has 1 aromatic heterocycles. The summed E-state index contributed by atoms with van der Waals surface area (Å²) < 4.78 is 0. The molecule has 0 radical (unpaired) electrons. The summed E-state index contributed by atoms with van der Waals surface area (Å²) in [6.45, 7) is 1.02. The molecule has 17 heavy (non-hydrogen) atoms. The topological polar surface area (TPSA) is 90.6 Å². The van der Waals surface area contributed by atoms with Gasteiger partial charge in [0.15, 0.2) is 0 Å². The summed E-state index contributed by atoms with van der Waals surface area (Å²) in [6, 6.07) is 0.274. The Morgan fingerprint density at radius 2 is 2.47 bits per heavy atom. The number of nitrogens with zero attached hydrogens (tertiary/aromatic N) is 1. The maximum Gasteiger partial charge on any atom is 0.139 e. The van der Waals surface area contributed by atoms with Gasteiger partial charge in [0, 0.05) is 6.08 Å². The summed E-state index contributed by atoms with van der Waals surface area (Å²) in [6.07, 6.45) is 3.91. The summed E-state index contributed by atoms with van der Waals surface area (Å²) >= 11 is 0. The molecule has 5 N–H and O–H groups in total. The van der Waals surface area contributed by atoms with Gasteiger partial charge in [-0.2, -0.15) is 0 Å². The standard InChI is InChI=1S/C12H13N5/c13-11(14)7-3-1-4-8-10(7)17-12(16-8)9-5-2-6-15-9/h3,9,15H,2,5-6H2,(H3,13,14)(H,16,17). The number of nitrogens with one attached hydrogen (secondary N) is 3. The van der Waals surface area contributed by atoms with Crippen LogP contribution >= 0.6 is 0 Å². The fourth-order valence-corrected chi connectivity index (χ4v) is 2.22. The van der Waals surface area contributed by atoms with Crippen molar-refractivity contribution in [3.05, 3.63) is 28.3 Å². The molecular formula is C12H13N5. The second-order valence-corrected chi connectivity index (χ2v) is 4.24. The van der Waals surface area contributed by atoms with E-state index in [4.69, 9.17) is 11.1 Å². The molecule has 1 saturated heterocycles. The van der Waals surface area contributed by atoms with Crippen LogP contribution in [0, 0.1) is 5.41 Å². The Bertz CT molecular complexity index is 662. The van der Waals surface area contributed by atoms with Crippen molar-refractivity contribution >= 4 is 17.1 Å². The molecule has 5 heteroatoms. The van der Waals surface area contributed by atoms with Crippen LogP contribution in [0.15, 0.2) is 11.8 Å². The number of aromatic amines is 1. The van der Waals surface area contributed by atoms with Gasteiger partial charge in [-0.15, -0.1) is 0 Å². The Labute approximate surface area is 97.9 Å². The number of amidine groups is 1. The highest BCUT2D eigenvalue weighted by Gasteiger charge is 2.19. The largest absolute Gasteiger partial charge is 0.384 e. The summed E-state index contributed by atoms with van der Waals surface area (Å²) in [5.41, 5.74) is 11.9. The SMILES string of the molecule is N=C(N)C1=c2[nH]c(C3CCCN3)nc2=C=C=C1. The summed E-state index contributed by atoms with van der Waals surface area (Å²) in [5, 5.41) is 12.4. The van der Waals surface area contributed by atoms with E-state index in [-0.39, 0.29) is 11.9 Å². The highest BCUT2D eigenvalue weighted by molar-refractivity contribution is 6.17. The van der Waals surface area contributed by atoms with E-state index in [0.717, 1.165) is 30.6 Å². The zero-order chi connectivity index (χ0) is 11.8. The number of imidazole rings is 1. The Hall–Kier alpha value is -2.06. The van der Waals surface area contributed by atoms with Gasteiger partial charge < -0.3 is 16.0 Å². The average molecular weight is 227 g/mol. The average Bonchev–Trinajstić information content (AvgIpc) is 2.96. The molecule has 1 aliphatic heterocycles. The van der Waals surface area contributed by atoms with Crippen molar-refractivity contribution in [2.24, 2.45) is 5.73 Å². The van der Waals surface area contributed by atoms with Crippen LogP contribution in [0.5, 0.6) is 0 Å². The van der Waals surface area contributed by atoms with Crippen LogP contribution in [-0.2, 0) is 0 Å². The fraction of sp³-hybridized carbons (Fsp3) is 0.333. The first-order valence-electron chi connectivity index (χ1n) is 5.65. The van der Waals surface area contributed by atoms with Crippen molar-refractivity contribution in [3.63, 3.8) is 0 Å². The van der Waals surface area contributed by atoms with Gasteiger partial charge in [0.05, 0.1) is 17.0 Å². The molecule has 86 valence electrons. The number of nitrogens with two attached hydrogens (primary N) is 1. The van der Waals surface area contributed by atoms with Crippen molar-refractivity contribution in [2.75, 3.05) is 6.54 Å². The molecular weight excluding hydrogens is 214 g/mol. The van der Waals surface area contributed by atoms with E-state index in [0.29, 0.717) is 10.9 Å².